The fraction of sp³-hybridized carbons (Fsp3) is 0.583. The Balaban J connectivity index is 0.000000311. The van der Waals surface area contributed by atoms with E-state index in [-0.39, 0.29) is 24.7 Å². The van der Waals surface area contributed by atoms with E-state index in [1.54, 1.807) is 30.1 Å². The van der Waals surface area contributed by atoms with E-state index in [1.807, 2.05) is 19.2 Å². The Morgan fingerprint density at radius 3 is 2.30 bits per heavy atom. The number of amides is 2. The zero-order valence-corrected chi connectivity index (χ0v) is 28.7. The second-order valence-electron chi connectivity index (χ2n) is 12.2. The number of unbranched alkanes of at least 4 members (excludes halogenated alkanes) is 2. The highest BCUT2D eigenvalue weighted by molar-refractivity contribution is 5.71. The molecular weight excluding hydrogens is 598 g/mol. The molecule has 2 aromatic rings. The number of likely N-dealkylation sites (tertiary alicyclic amines) is 1. The first-order chi connectivity index (χ1) is 22.8. The number of carbonyl (C=O) groups is 3. The van der Waals surface area contributed by atoms with Crippen molar-refractivity contribution in [3.8, 4) is 11.5 Å². The topological polar surface area (TPSA) is 143 Å². The molecule has 1 aliphatic heterocycles. The van der Waals surface area contributed by atoms with E-state index in [0.717, 1.165) is 36.8 Å². The number of nitrogens with one attached hydrogen (secondary N) is 3. The quantitative estimate of drug-likeness (QED) is 0.0870. The Hall–Kier alpha value is -3.67. The van der Waals surface area contributed by atoms with Gasteiger partial charge in [0.05, 0.1) is 6.10 Å². The number of fused-ring (bicyclic) bond motifs is 1. The van der Waals surface area contributed by atoms with Crippen LogP contribution in [0.2, 0.25) is 0 Å². The number of hydrogen-bond donors (Lipinski definition) is 5. The summed E-state index contributed by atoms with van der Waals surface area (Å²) in [5.74, 6) is 2.37. The maximum Gasteiger partial charge on any atom is 0.211 e. The minimum Gasteiger partial charge on any atom is -0.506 e. The van der Waals surface area contributed by atoms with E-state index in [4.69, 9.17) is 4.74 Å². The summed E-state index contributed by atoms with van der Waals surface area (Å²) in [6.45, 7) is 10.1. The van der Waals surface area contributed by atoms with E-state index in [0.29, 0.717) is 36.2 Å². The zero-order valence-electron chi connectivity index (χ0n) is 28.7. The smallest absolute Gasteiger partial charge is 0.211 e. The van der Waals surface area contributed by atoms with Gasteiger partial charge in [-0.1, -0.05) is 45.2 Å². The first-order valence-electron chi connectivity index (χ1n) is 17.0. The Morgan fingerprint density at radius 2 is 1.72 bits per heavy atom. The van der Waals surface area contributed by atoms with Gasteiger partial charge in [0.1, 0.15) is 18.0 Å². The van der Waals surface area contributed by atoms with Gasteiger partial charge in [0, 0.05) is 58.1 Å². The second-order valence-corrected chi connectivity index (χ2v) is 12.2. The van der Waals surface area contributed by atoms with E-state index >= 15 is 0 Å². The number of hydrogen-bond acceptors (Lipinski definition) is 9. The van der Waals surface area contributed by atoms with Crippen molar-refractivity contribution in [1.29, 1.82) is 0 Å². The number of nitrogens with zero attached hydrogens (tertiary/aromatic N) is 2. The molecule has 1 saturated carbocycles. The first-order valence-corrected chi connectivity index (χ1v) is 17.0. The van der Waals surface area contributed by atoms with Gasteiger partial charge < -0.3 is 40.7 Å². The molecular formula is C36H57N5O6. The summed E-state index contributed by atoms with van der Waals surface area (Å²) in [6.07, 6.45) is 10.6. The Bertz CT molecular complexity index is 1170. The number of aliphatic hydroxyl groups excluding tert-OH is 1. The molecule has 262 valence electrons. The molecule has 1 heterocycles. The van der Waals surface area contributed by atoms with Crippen molar-refractivity contribution in [2.75, 3.05) is 64.1 Å². The standard InChI is InChI=1S/C19H23N3O5.C10H19N.C7H15NO/c1-20-18-16(25)7-6-15(19(18)27-9-8-23)17(26)11-21-10-13-2-4-14(5-3-13)22-12-24;1-2-6-11-7-9-4-3-5-10(9)8-11;1-3-4-5-6-8(2)7-9/h2-8,12,17,20-21,25-26H,9-11H2,1H3,(H,22,24);9-10H,2-8H2,1H3;7H,3-6H2,1-2H3. The molecule has 0 spiro atoms. The van der Waals surface area contributed by atoms with Gasteiger partial charge in [-0.15, -0.1) is 0 Å². The monoisotopic (exact) mass is 655 g/mol. The number of aliphatic hydroxyl groups is 1. The van der Waals surface area contributed by atoms with Gasteiger partial charge in [-0.25, -0.2) is 0 Å². The van der Waals surface area contributed by atoms with Crippen LogP contribution in [0.3, 0.4) is 0 Å². The fourth-order valence-corrected chi connectivity index (χ4v) is 6.11. The average Bonchev–Trinajstić information content (AvgIpc) is 3.68. The molecule has 2 aromatic carbocycles. The van der Waals surface area contributed by atoms with Gasteiger partial charge in [0.2, 0.25) is 12.8 Å². The molecule has 0 aromatic heterocycles. The van der Waals surface area contributed by atoms with Crippen LogP contribution in [0.5, 0.6) is 11.5 Å². The maximum absolute atomic E-state index is 10.6. The Morgan fingerprint density at radius 1 is 1.02 bits per heavy atom. The molecule has 3 atom stereocenters. The summed E-state index contributed by atoms with van der Waals surface area (Å²) in [6, 6.07) is 10.3. The van der Waals surface area contributed by atoms with Crippen molar-refractivity contribution in [1.82, 2.24) is 15.1 Å². The highest BCUT2D eigenvalue weighted by atomic mass is 16.5. The van der Waals surface area contributed by atoms with Crippen molar-refractivity contribution in [3.63, 3.8) is 0 Å². The summed E-state index contributed by atoms with van der Waals surface area (Å²) >= 11 is 0. The van der Waals surface area contributed by atoms with Crippen molar-refractivity contribution in [2.45, 2.75) is 71.4 Å². The van der Waals surface area contributed by atoms with Gasteiger partial charge >= 0.3 is 0 Å². The Labute approximate surface area is 281 Å². The summed E-state index contributed by atoms with van der Waals surface area (Å²) in [4.78, 5) is 35.4. The van der Waals surface area contributed by atoms with Crippen LogP contribution in [0.15, 0.2) is 36.4 Å². The van der Waals surface area contributed by atoms with Crippen LogP contribution in [0.1, 0.15) is 76.0 Å². The molecule has 3 unspecified atom stereocenters. The van der Waals surface area contributed by atoms with Crippen LogP contribution >= 0.6 is 0 Å². The van der Waals surface area contributed by atoms with Crippen molar-refractivity contribution < 1.29 is 29.3 Å². The molecule has 11 heteroatoms. The maximum atomic E-state index is 10.6. The van der Waals surface area contributed by atoms with Crippen LogP contribution < -0.4 is 20.7 Å². The van der Waals surface area contributed by atoms with Gasteiger partial charge in [0.15, 0.2) is 12.0 Å². The highest BCUT2D eigenvalue weighted by Crippen LogP contribution is 2.39. The number of carbonyl (C=O) groups excluding carboxylic acids is 3. The van der Waals surface area contributed by atoms with Gasteiger partial charge in [-0.05, 0) is 73.9 Å². The average molecular weight is 656 g/mol. The molecule has 11 nitrogen and oxygen atoms in total. The first kappa shape index (κ1) is 39.5. The number of phenolic OH excluding ortho intramolecular Hbond substituents is 1. The van der Waals surface area contributed by atoms with E-state index < -0.39 is 6.10 Å². The minimum absolute atomic E-state index is 0.0358. The lowest BCUT2D eigenvalue weighted by atomic mass is 10.0. The van der Waals surface area contributed by atoms with Crippen molar-refractivity contribution in [2.24, 2.45) is 11.8 Å². The molecule has 47 heavy (non-hydrogen) atoms. The van der Waals surface area contributed by atoms with E-state index in [2.05, 4.69) is 34.7 Å². The van der Waals surface area contributed by atoms with Crippen LogP contribution in [0.4, 0.5) is 11.4 Å². The number of aromatic hydroxyl groups is 1. The van der Waals surface area contributed by atoms with Crippen LogP contribution in [0, 0.1) is 11.8 Å². The van der Waals surface area contributed by atoms with Crippen LogP contribution in [-0.2, 0) is 20.9 Å². The number of ether oxygens (including phenoxy) is 1. The third kappa shape index (κ3) is 13.9. The largest absolute Gasteiger partial charge is 0.506 e. The number of benzene rings is 2. The van der Waals surface area contributed by atoms with Gasteiger partial charge in [-0.2, -0.15) is 0 Å². The number of aldehydes is 1. The van der Waals surface area contributed by atoms with Crippen molar-refractivity contribution >= 4 is 30.5 Å². The molecule has 2 aliphatic rings. The molecule has 0 bridgehead atoms. The number of rotatable bonds is 18. The molecule has 1 saturated heterocycles. The van der Waals surface area contributed by atoms with Crippen molar-refractivity contribution in [3.05, 3.63) is 47.5 Å². The predicted octanol–water partition coefficient (Wildman–Crippen LogP) is 4.80. The highest BCUT2D eigenvalue weighted by Gasteiger charge is 2.35. The predicted molar refractivity (Wildman–Crippen MR) is 188 cm³/mol. The fourth-order valence-electron chi connectivity index (χ4n) is 6.11. The third-order valence-corrected chi connectivity index (χ3v) is 8.55. The van der Waals surface area contributed by atoms with Gasteiger partial charge in [0.25, 0.3) is 0 Å². The number of anilines is 2. The SMILES string of the molecule is CCCCCN(C)C=O.CCCN1CC2CCCC2C1.CNc1c(O)ccc(C(O)CNCc2ccc(NC=O)cc2)c1OCC=O. The lowest BCUT2D eigenvalue weighted by Crippen LogP contribution is -2.22. The summed E-state index contributed by atoms with van der Waals surface area (Å²) in [7, 11) is 3.42. The van der Waals surface area contributed by atoms with E-state index in [1.165, 1.54) is 64.2 Å². The number of phenols is 1. The third-order valence-electron chi connectivity index (χ3n) is 8.55. The molecule has 2 amide bonds. The van der Waals surface area contributed by atoms with Crippen LogP contribution in [-0.4, -0.2) is 92.5 Å². The summed E-state index contributed by atoms with van der Waals surface area (Å²) < 4.78 is 5.40. The second kappa shape index (κ2) is 22.8. The normalized spacial score (nSPS) is 17.2. The summed E-state index contributed by atoms with van der Waals surface area (Å²) in [5, 5.41) is 29.0. The minimum atomic E-state index is -0.907. The lowest BCUT2D eigenvalue weighted by Gasteiger charge is -2.19. The van der Waals surface area contributed by atoms with Crippen LogP contribution in [0.25, 0.3) is 0 Å². The Kier molecular flexibility index (Phi) is 19.2. The zero-order chi connectivity index (χ0) is 34.4. The molecule has 5 N–H and O–H groups in total. The van der Waals surface area contributed by atoms with E-state index in [9.17, 15) is 24.6 Å². The van der Waals surface area contributed by atoms with Gasteiger partial charge in [-0.3, -0.25) is 14.4 Å². The molecule has 0 radical (unpaired) electrons. The molecule has 4 rings (SSSR count). The lowest BCUT2D eigenvalue weighted by molar-refractivity contribution is -0.117. The summed E-state index contributed by atoms with van der Waals surface area (Å²) in [5.41, 5.74) is 2.45. The molecule has 2 fully saturated rings. The molecule has 1 aliphatic carbocycles.